The van der Waals surface area contributed by atoms with Gasteiger partial charge in [0.25, 0.3) is 0 Å². The van der Waals surface area contributed by atoms with E-state index in [1.54, 1.807) is 12.1 Å². The van der Waals surface area contributed by atoms with Gasteiger partial charge in [-0.1, -0.05) is 12.1 Å². The van der Waals surface area contributed by atoms with Crippen LogP contribution in [0.25, 0.3) is 0 Å². The minimum Gasteiger partial charge on any atom is -0.295 e. The third-order valence-corrected chi connectivity index (χ3v) is 4.13. The number of rotatable bonds is 6. The van der Waals surface area contributed by atoms with Crippen LogP contribution in [0.15, 0.2) is 35.5 Å². The van der Waals surface area contributed by atoms with E-state index < -0.39 is 10.0 Å². The summed E-state index contributed by atoms with van der Waals surface area (Å²) >= 11 is 0. The van der Waals surface area contributed by atoms with E-state index in [1.165, 1.54) is 25.4 Å². The highest BCUT2D eigenvalue weighted by Gasteiger charge is 2.14. The molecule has 0 aliphatic heterocycles. The van der Waals surface area contributed by atoms with Gasteiger partial charge in [0.05, 0.1) is 4.90 Å². The molecule has 0 radical (unpaired) electrons. The number of benzene rings is 1. The van der Waals surface area contributed by atoms with Gasteiger partial charge in [-0.25, -0.2) is 18.1 Å². The summed E-state index contributed by atoms with van der Waals surface area (Å²) in [5.74, 6) is 0.425. The molecule has 2 N–H and O–H groups in total. The summed E-state index contributed by atoms with van der Waals surface area (Å²) in [4.78, 5) is 15.2. The molecule has 0 saturated heterocycles. The molecule has 20 heavy (non-hydrogen) atoms. The van der Waals surface area contributed by atoms with Crippen molar-refractivity contribution in [3.8, 4) is 0 Å². The Morgan fingerprint density at radius 1 is 1.40 bits per heavy atom. The van der Waals surface area contributed by atoms with E-state index in [0.717, 1.165) is 0 Å². The van der Waals surface area contributed by atoms with Gasteiger partial charge in [-0.2, -0.15) is 5.10 Å². The molecule has 1 heterocycles. The van der Waals surface area contributed by atoms with Crippen molar-refractivity contribution in [2.24, 2.45) is 0 Å². The predicted octanol–water partition coefficient (Wildman–Crippen LogP) is 0.528. The van der Waals surface area contributed by atoms with Crippen LogP contribution < -0.4 is 4.72 Å². The summed E-state index contributed by atoms with van der Waals surface area (Å²) in [5, 5.41) is 6.32. The minimum atomic E-state index is -3.63. The summed E-state index contributed by atoms with van der Waals surface area (Å²) in [7, 11) is -3.63. The number of nitrogens with zero attached hydrogens (tertiary/aromatic N) is 2. The third kappa shape index (κ3) is 3.49. The van der Waals surface area contributed by atoms with E-state index in [9.17, 15) is 13.2 Å². The highest BCUT2D eigenvalue weighted by atomic mass is 32.2. The van der Waals surface area contributed by atoms with Crippen molar-refractivity contribution in [3.05, 3.63) is 42.0 Å². The molecule has 0 amide bonds. The van der Waals surface area contributed by atoms with Crippen LogP contribution in [-0.4, -0.2) is 35.9 Å². The molecule has 7 nitrogen and oxygen atoms in total. The van der Waals surface area contributed by atoms with Gasteiger partial charge in [0.15, 0.2) is 5.78 Å². The number of carbonyl (C=O) groups excluding carboxylic acids is 1. The van der Waals surface area contributed by atoms with Crippen molar-refractivity contribution in [2.75, 3.05) is 6.54 Å². The largest absolute Gasteiger partial charge is 0.295 e. The lowest BCUT2D eigenvalue weighted by Crippen LogP contribution is -2.26. The topological polar surface area (TPSA) is 105 Å². The molecule has 2 aromatic rings. The Hall–Kier alpha value is -2.06. The Kier molecular flexibility index (Phi) is 4.26. The van der Waals surface area contributed by atoms with Crippen LogP contribution in [0.4, 0.5) is 0 Å². The molecular weight excluding hydrogens is 280 g/mol. The number of nitrogens with one attached hydrogen (secondary N) is 2. The van der Waals surface area contributed by atoms with E-state index in [1.807, 2.05) is 0 Å². The van der Waals surface area contributed by atoms with Gasteiger partial charge >= 0.3 is 0 Å². The number of sulfonamides is 1. The van der Waals surface area contributed by atoms with E-state index in [-0.39, 0.29) is 17.2 Å². The highest BCUT2D eigenvalue weighted by Crippen LogP contribution is 2.11. The van der Waals surface area contributed by atoms with Gasteiger partial charge in [0.2, 0.25) is 10.0 Å². The van der Waals surface area contributed by atoms with Crippen LogP contribution >= 0.6 is 0 Å². The second kappa shape index (κ2) is 5.93. The summed E-state index contributed by atoms with van der Waals surface area (Å²) in [6, 6.07) is 5.93. The lowest BCUT2D eigenvalue weighted by atomic mass is 10.2. The number of aromatic amines is 1. The molecule has 0 atom stereocenters. The summed E-state index contributed by atoms with van der Waals surface area (Å²) in [6.07, 6.45) is 1.77. The first-order valence-corrected chi connectivity index (χ1v) is 7.42. The molecule has 1 aromatic heterocycles. The zero-order valence-electron chi connectivity index (χ0n) is 10.8. The van der Waals surface area contributed by atoms with Crippen LogP contribution in [-0.2, 0) is 16.4 Å². The normalized spacial score (nSPS) is 11.4. The molecule has 8 heteroatoms. The first kappa shape index (κ1) is 14.4. The Morgan fingerprint density at radius 2 is 2.20 bits per heavy atom. The molecule has 1 aromatic carbocycles. The standard InChI is InChI=1S/C12H14N4O3S/c1-9(17)10-3-2-4-11(7-10)20(18,19)15-6-5-12-13-8-14-16-12/h2-4,7-8,15H,5-6H2,1H3,(H,13,14,16). The number of ketones is 1. The van der Waals surface area contributed by atoms with Crippen LogP contribution in [0.5, 0.6) is 0 Å². The Morgan fingerprint density at radius 3 is 2.85 bits per heavy atom. The van der Waals surface area contributed by atoms with Crippen molar-refractivity contribution >= 4 is 15.8 Å². The number of Topliss-reactive ketones (excluding diaryl/α,β-unsaturated/α-hetero) is 1. The highest BCUT2D eigenvalue weighted by molar-refractivity contribution is 7.89. The van der Waals surface area contributed by atoms with Crippen LogP contribution in [0.3, 0.4) is 0 Å². The lowest BCUT2D eigenvalue weighted by Gasteiger charge is -2.06. The molecule has 0 saturated carbocycles. The van der Waals surface area contributed by atoms with E-state index >= 15 is 0 Å². The lowest BCUT2D eigenvalue weighted by molar-refractivity contribution is 0.101. The van der Waals surface area contributed by atoms with Crippen LogP contribution in [0.1, 0.15) is 23.1 Å². The average molecular weight is 294 g/mol. The quantitative estimate of drug-likeness (QED) is 0.756. The summed E-state index contributed by atoms with van der Waals surface area (Å²) < 4.78 is 26.6. The maximum Gasteiger partial charge on any atom is 0.240 e. The number of hydrogen-bond donors (Lipinski definition) is 2. The summed E-state index contributed by atoms with van der Waals surface area (Å²) in [5.41, 5.74) is 0.364. The number of aromatic nitrogens is 3. The molecule has 0 bridgehead atoms. The second-order valence-electron chi connectivity index (χ2n) is 4.16. The molecule has 0 fully saturated rings. The zero-order valence-corrected chi connectivity index (χ0v) is 11.6. The molecule has 0 spiro atoms. The first-order valence-electron chi connectivity index (χ1n) is 5.94. The molecule has 0 unspecified atom stereocenters. The minimum absolute atomic E-state index is 0.0720. The maximum atomic E-state index is 12.1. The maximum absolute atomic E-state index is 12.1. The third-order valence-electron chi connectivity index (χ3n) is 2.67. The molecular formula is C12H14N4O3S. The molecule has 106 valence electrons. The van der Waals surface area contributed by atoms with E-state index in [0.29, 0.717) is 17.8 Å². The van der Waals surface area contributed by atoms with E-state index in [2.05, 4.69) is 19.9 Å². The van der Waals surface area contributed by atoms with Crippen molar-refractivity contribution in [1.29, 1.82) is 0 Å². The summed E-state index contributed by atoms with van der Waals surface area (Å²) in [6.45, 7) is 1.59. The zero-order chi connectivity index (χ0) is 14.6. The fourth-order valence-corrected chi connectivity index (χ4v) is 2.70. The monoisotopic (exact) mass is 294 g/mol. The van der Waals surface area contributed by atoms with Gasteiger partial charge in [-0.3, -0.25) is 9.89 Å². The van der Waals surface area contributed by atoms with Gasteiger partial charge in [0.1, 0.15) is 12.2 Å². The van der Waals surface area contributed by atoms with Crippen molar-refractivity contribution in [2.45, 2.75) is 18.2 Å². The Balaban J connectivity index is 2.06. The Labute approximate surface area is 116 Å². The molecule has 0 aliphatic rings. The van der Waals surface area contributed by atoms with Gasteiger partial charge in [-0.15, -0.1) is 0 Å². The van der Waals surface area contributed by atoms with Crippen molar-refractivity contribution in [1.82, 2.24) is 19.9 Å². The van der Waals surface area contributed by atoms with E-state index in [4.69, 9.17) is 0 Å². The van der Waals surface area contributed by atoms with Crippen LogP contribution in [0.2, 0.25) is 0 Å². The molecule has 0 aliphatic carbocycles. The SMILES string of the molecule is CC(=O)c1cccc(S(=O)(=O)NCCc2ncn[nH]2)c1. The number of hydrogen-bond acceptors (Lipinski definition) is 5. The van der Waals surface area contributed by atoms with Gasteiger partial charge in [-0.05, 0) is 19.1 Å². The van der Waals surface area contributed by atoms with Crippen LogP contribution in [0, 0.1) is 0 Å². The van der Waals surface area contributed by atoms with Crippen molar-refractivity contribution in [3.63, 3.8) is 0 Å². The Bertz CT molecular complexity index is 695. The van der Waals surface area contributed by atoms with Gasteiger partial charge in [0, 0.05) is 18.5 Å². The average Bonchev–Trinajstić information content (AvgIpc) is 2.92. The van der Waals surface area contributed by atoms with Gasteiger partial charge < -0.3 is 0 Å². The number of carbonyl (C=O) groups is 1. The smallest absolute Gasteiger partial charge is 0.240 e. The predicted molar refractivity (Wildman–Crippen MR) is 71.7 cm³/mol. The number of H-pyrrole nitrogens is 1. The van der Waals surface area contributed by atoms with Crippen molar-refractivity contribution < 1.29 is 13.2 Å². The second-order valence-corrected chi connectivity index (χ2v) is 5.93. The fraction of sp³-hybridized carbons (Fsp3) is 0.250. The fourth-order valence-electron chi connectivity index (χ4n) is 1.62. The molecule has 2 rings (SSSR count). The first-order chi connectivity index (χ1) is 9.49.